The van der Waals surface area contributed by atoms with Gasteiger partial charge >= 0.3 is 5.97 Å². The fourth-order valence-electron chi connectivity index (χ4n) is 2.20. The van der Waals surface area contributed by atoms with Crippen LogP contribution in [0.1, 0.15) is 11.6 Å². The maximum absolute atomic E-state index is 13.7. The number of halogens is 2. The van der Waals surface area contributed by atoms with Crippen LogP contribution in [0.25, 0.3) is 0 Å². The Bertz CT molecular complexity index is 474. The van der Waals surface area contributed by atoms with Gasteiger partial charge in [0.25, 0.3) is 0 Å². The molecule has 0 aliphatic carbocycles. The van der Waals surface area contributed by atoms with E-state index in [2.05, 4.69) is 5.32 Å². The topological polar surface area (TPSA) is 58.6 Å². The van der Waals surface area contributed by atoms with E-state index in [1.54, 1.807) is 0 Å². The van der Waals surface area contributed by atoms with Crippen molar-refractivity contribution < 1.29 is 23.4 Å². The van der Waals surface area contributed by atoms with Crippen LogP contribution in [0.3, 0.4) is 0 Å². The van der Waals surface area contributed by atoms with E-state index in [0.29, 0.717) is 0 Å². The van der Waals surface area contributed by atoms with Crippen LogP contribution in [0, 0.1) is 17.0 Å². The van der Waals surface area contributed by atoms with Crippen molar-refractivity contribution in [2.75, 3.05) is 20.3 Å². The van der Waals surface area contributed by atoms with Gasteiger partial charge < -0.3 is 15.2 Å². The van der Waals surface area contributed by atoms with E-state index in [1.165, 1.54) is 13.1 Å². The van der Waals surface area contributed by atoms with Gasteiger partial charge in [-0.3, -0.25) is 4.79 Å². The first kappa shape index (κ1) is 12.9. The number of hydrogen-bond acceptors (Lipinski definition) is 3. The van der Waals surface area contributed by atoms with Crippen molar-refractivity contribution in [3.05, 3.63) is 35.4 Å². The van der Waals surface area contributed by atoms with E-state index >= 15 is 0 Å². The van der Waals surface area contributed by atoms with Gasteiger partial charge in [0.15, 0.2) is 0 Å². The molecule has 98 valence electrons. The molecule has 1 aliphatic rings. The van der Waals surface area contributed by atoms with Gasteiger partial charge in [-0.2, -0.15) is 0 Å². The molecule has 18 heavy (non-hydrogen) atoms. The minimum absolute atomic E-state index is 0.00462. The summed E-state index contributed by atoms with van der Waals surface area (Å²) in [4.78, 5) is 11.3. The molecule has 1 heterocycles. The summed E-state index contributed by atoms with van der Waals surface area (Å²) >= 11 is 0. The van der Waals surface area contributed by atoms with Crippen LogP contribution < -0.4 is 5.32 Å². The number of rotatable bonds is 4. The lowest BCUT2D eigenvalue weighted by Gasteiger charge is -2.43. The van der Waals surface area contributed by atoms with Crippen LogP contribution in [0.15, 0.2) is 18.2 Å². The van der Waals surface area contributed by atoms with Crippen LogP contribution >= 0.6 is 0 Å². The predicted octanol–water partition coefficient (Wildman–Crippen LogP) is 1.33. The van der Waals surface area contributed by atoms with E-state index in [4.69, 9.17) is 4.74 Å². The van der Waals surface area contributed by atoms with Crippen LogP contribution in [0.2, 0.25) is 0 Å². The van der Waals surface area contributed by atoms with Crippen molar-refractivity contribution in [3.8, 4) is 0 Å². The quantitative estimate of drug-likeness (QED) is 0.854. The molecule has 0 aromatic heterocycles. The predicted molar refractivity (Wildman–Crippen MR) is 59.0 cm³/mol. The van der Waals surface area contributed by atoms with Gasteiger partial charge in [-0.1, -0.05) is 6.07 Å². The molecule has 1 unspecified atom stereocenters. The average Bonchev–Trinajstić information content (AvgIpc) is 2.23. The van der Waals surface area contributed by atoms with Gasteiger partial charge in [0.05, 0.1) is 19.3 Å². The second-order valence-electron chi connectivity index (χ2n) is 4.34. The number of benzene rings is 1. The molecule has 1 atom stereocenters. The number of hydrogen-bond donors (Lipinski definition) is 2. The monoisotopic (exact) mass is 257 g/mol. The Kier molecular flexibility index (Phi) is 3.32. The molecule has 0 bridgehead atoms. The second kappa shape index (κ2) is 4.62. The first-order valence-corrected chi connectivity index (χ1v) is 5.44. The number of carbonyl (C=O) groups is 1. The molecule has 6 heteroatoms. The third-order valence-electron chi connectivity index (χ3n) is 3.26. The summed E-state index contributed by atoms with van der Waals surface area (Å²) in [6.45, 7) is 0.00924. The molecule has 2 rings (SSSR count). The highest BCUT2D eigenvalue weighted by atomic mass is 19.1. The van der Waals surface area contributed by atoms with Crippen molar-refractivity contribution in [1.29, 1.82) is 0 Å². The highest BCUT2D eigenvalue weighted by Gasteiger charge is 2.53. The minimum atomic E-state index is -1.20. The summed E-state index contributed by atoms with van der Waals surface area (Å²) in [6, 6.07) is 2.35. The number of carboxylic acid groups (broad SMARTS) is 1. The van der Waals surface area contributed by atoms with Gasteiger partial charge in [-0.15, -0.1) is 0 Å². The van der Waals surface area contributed by atoms with E-state index in [-0.39, 0.29) is 18.8 Å². The molecular weight excluding hydrogens is 244 g/mol. The number of nitrogens with one attached hydrogen (secondary N) is 1. The Morgan fingerprint density at radius 3 is 2.56 bits per heavy atom. The van der Waals surface area contributed by atoms with E-state index in [9.17, 15) is 18.7 Å². The molecule has 0 saturated carbocycles. The van der Waals surface area contributed by atoms with E-state index < -0.39 is 29.1 Å². The summed E-state index contributed by atoms with van der Waals surface area (Å²) in [6.07, 6.45) is 0. The van der Waals surface area contributed by atoms with Crippen molar-refractivity contribution in [2.24, 2.45) is 5.41 Å². The lowest BCUT2D eigenvalue weighted by atomic mass is 9.75. The minimum Gasteiger partial charge on any atom is -0.481 e. The lowest BCUT2D eigenvalue weighted by molar-refractivity contribution is -0.186. The molecule has 0 radical (unpaired) electrons. The molecule has 0 amide bonds. The number of aliphatic carboxylic acids is 1. The van der Waals surface area contributed by atoms with E-state index in [1.807, 2.05) is 0 Å². The fraction of sp³-hybridized carbons (Fsp3) is 0.417. The van der Waals surface area contributed by atoms with Gasteiger partial charge in [0, 0.05) is 11.6 Å². The lowest BCUT2D eigenvalue weighted by Crippen LogP contribution is -2.56. The first-order valence-electron chi connectivity index (χ1n) is 5.44. The zero-order valence-corrected chi connectivity index (χ0v) is 9.74. The zero-order valence-electron chi connectivity index (χ0n) is 9.74. The summed E-state index contributed by atoms with van der Waals surface area (Å²) in [5.41, 5.74) is -1.07. The van der Waals surface area contributed by atoms with Gasteiger partial charge in [0.2, 0.25) is 0 Å². The van der Waals surface area contributed by atoms with Crippen molar-refractivity contribution in [1.82, 2.24) is 5.32 Å². The van der Waals surface area contributed by atoms with Crippen LogP contribution in [0.4, 0.5) is 8.78 Å². The fourth-order valence-corrected chi connectivity index (χ4v) is 2.20. The summed E-state index contributed by atoms with van der Waals surface area (Å²) in [5.74, 6) is -2.51. The maximum atomic E-state index is 13.7. The van der Waals surface area contributed by atoms with Gasteiger partial charge in [-0.05, 0) is 13.1 Å². The summed E-state index contributed by atoms with van der Waals surface area (Å²) < 4.78 is 31.5. The zero-order chi connectivity index (χ0) is 13.3. The number of ether oxygens (including phenoxy) is 1. The van der Waals surface area contributed by atoms with Crippen LogP contribution in [0.5, 0.6) is 0 Å². The molecule has 1 aromatic rings. The van der Waals surface area contributed by atoms with Crippen LogP contribution in [-0.2, 0) is 9.53 Å². The third kappa shape index (κ3) is 1.87. The molecule has 4 nitrogen and oxygen atoms in total. The Balaban J connectivity index is 2.42. The van der Waals surface area contributed by atoms with E-state index in [0.717, 1.165) is 12.1 Å². The SMILES string of the molecule is CNC(c1ccc(F)cc1F)C1(C(=O)O)COC1. The average molecular weight is 257 g/mol. The highest BCUT2D eigenvalue weighted by molar-refractivity contribution is 5.77. The standard InChI is InChI=1S/C12H13F2NO3/c1-15-10(12(11(16)17)5-18-6-12)8-3-2-7(13)4-9(8)14/h2-4,10,15H,5-6H2,1H3,(H,16,17). The second-order valence-corrected chi connectivity index (χ2v) is 4.34. The number of carboxylic acids is 1. The summed E-state index contributed by atoms with van der Waals surface area (Å²) in [7, 11) is 1.54. The first-order chi connectivity index (χ1) is 8.51. The molecular formula is C12H13F2NO3. The summed E-state index contributed by atoms with van der Waals surface area (Å²) in [5, 5.41) is 12.1. The normalized spacial score (nSPS) is 19.1. The molecule has 2 N–H and O–H groups in total. The largest absolute Gasteiger partial charge is 0.481 e. The third-order valence-corrected chi connectivity index (χ3v) is 3.26. The Morgan fingerprint density at radius 2 is 2.17 bits per heavy atom. The van der Waals surface area contributed by atoms with Gasteiger partial charge in [-0.25, -0.2) is 8.78 Å². The highest BCUT2D eigenvalue weighted by Crippen LogP contribution is 2.41. The maximum Gasteiger partial charge on any atom is 0.316 e. The van der Waals surface area contributed by atoms with Crippen molar-refractivity contribution in [2.45, 2.75) is 6.04 Å². The Hall–Kier alpha value is -1.53. The van der Waals surface area contributed by atoms with Crippen LogP contribution in [-0.4, -0.2) is 31.3 Å². The molecule has 1 fully saturated rings. The molecule has 1 saturated heterocycles. The molecule has 0 spiro atoms. The Labute approximate surface area is 103 Å². The Morgan fingerprint density at radius 1 is 1.50 bits per heavy atom. The molecule has 1 aliphatic heterocycles. The van der Waals surface area contributed by atoms with Crippen molar-refractivity contribution >= 4 is 5.97 Å². The van der Waals surface area contributed by atoms with Crippen molar-refractivity contribution in [3.63, 3.8) is 0 Å². The molecule has 1 aromatic carbocycles. The smallest absolute Gasteiger partial charge is 0.316 e. The van der Waals surface area contributed by atoms with Gasteiger partial charge in [0.1, 0.15) is 17.0 Å².